The van der Waals surface area contributed by atoms with Gasteiger partial charge in [0.25, 0.3) is 0 Å². The number of nitriles is 1. The van der Waals surface area contributed by atoms with Crippen LogP contribution in [0, 0.1) is 11.5 Å². The molecule has 0 radical (unpaired) electrons. The van der Waals surface area contributed by atoms with E-state index in [1.165, 1.54) is 17.3 Å². The van der Waals surface area contributed by atoms with Gasteiger partial charge >= 0.3 is 0 Å². The fourth-order valence-electron chi connectivity index (χ4n) is 2.51. The molecule has 6 heteroatoms. The van der Waals surface area contributed by atoms with E-state index in [1.54, 1.807) is 0 Å². The molecule has 1 N–H and O–H groups in total. The Hall–Kier alpha value is -2.78. The van der Waals surface area contributed by atoms with Gasteiger partial charge in [0.2, 0.25) is 5.89 Å². The van der Waals surface area contributed by atoms with Crippen LogP contribution < -0.4 is 5.32 Å². The molecule has 3 aromatic rings. The van der Waals surface area contributed by atoms with Gasteiger partial charge in [0, 0.05) is 5.56 Å². The van der Waals surface area contributed by atoms with Crippen molar-refractivity contribution >= 4 is 33.7 Å². The third-order valence-corrected chi connectivity index (χ3v) is 4.54. The molecule has 0 spiro atoms. The molecule has 2 aromatic carbocycles. The van der Waals surface area contributed by atoms with Crippen molar-refractivity contribution in [1.82, 2.24) is 10.3 Å². The summed E-state index contributed by atoms with van der Waals surface area (Å²) in [5.41, 5.74) is 4.47. The van der Waals surface area contributed by atoms with E-state index < -0.39 is 0 Å². The molecule has 0 aliphatic carbocycles. The fourth-order valence-corrected chi connectivity index (χ4v) is 2.86. The van der Waals surface area contributed by atoms with Crippen molar-refractivity contribution in [2.75, 3.05) is 6.26 Å². The van der Waals surface area contributed by atoms with E-state index in [0.717, 1.165) is 11.1 Å². The lowest BCUT2D eigenvalue weighted by Crippen LogP contribution is -2.12. The van der Waals surface area contributed by atoms with Crippen LogP contribution in [-0.4, -0.2) is 16.4 Å². The van der Waals surface area contributed by atoms with Crippen LogP contribution in [-0.2, 0) is 5.41 Å². The van der Waals surface area contributed by atoms with Gasteiger partial charge in [-0.25, -0.2) is 9.98 Å². The van der Waals surface area contributed by atoms with Gasteiger partial charge in [-0.1, -0.05) is 44.7 Å². The number of benzene rings is 2. The smallest absolute Gasteiger partial charge is 0.227 e. The SMILES string of the molecule is CSC(=Nc1ccc2oc(-c3ccc(C(C)(C)C)cc3)nc2c1)NC#N. The molecule has 0 saturated carbocycles. The number of fused-ring (bicyclic) bond motifs is 1. The zero-order chi connectivity index (χ0) is 18.7. The standard InChI is InChI=1S/C20H20N4OS/c1-20(2,3)14-7-5-13(6-8-14)18-24-16-11-15(9-10-17(16)25-18)23-19(26-4)22-12-21/h5-11H,1-4H3,(H,22,23). The minimum Gasteiger partial charge on any atom is -0.436 e. The Balaban J connectivity index is 1.94. The number of amidine groups is 1. The molecule has 0 amide bonds. The van der Waals surface area contributed by atoms with Gasteiger partial charge in [-0.05, 0) is 47.6 Å². The molecule has 0 fully saturated rings. The van der Waals surface area contributed by atoms with Gasteiger partial charge in [-0.3, -0.25) is 5.32 Å². The lowest BCUT2D eigenvalue weighted by Gasteiger charge is -2.18. The summed E-state index contributed by atoms with van der Waals surface area (Å²) in [6, 6.07) is 13.8. The average Bonchev–Trinajstić information content (AvgIpc) is 3.04. The molecule has 0 bridgehead atoms. The van der Waals surface area contributed by atoms with Crippen LogP contribution in [0.5, 0.6) is 0 Å². The maximum absolute atomic E-state index is 8.73. The van der Waals surface area contributed by atoms with Crippen molar-refractivity contribution in [2.24, 2.45) is 4.99 Å². The molecule has 3 rings (SSSR count). The molecule has 1 heterocycles. The number of aliphatic imine (C=N–C) groups is 1. The van der Waals surface area contributed by atoms with Crippen molar-refractivity contribution in [2.45, 2.75) is 26.2 Å². The third-order valence-electron chi connectivity index (χ3n) is 3.96. The number of hydrogen-bond acceptors (Lipinski definition) is 5. The fraction of sp³-hybridized carbons (Fsp3) is 0.250. The first-order valence-electron chi connectivity index (χ1n) is 8.20. The summed E-state index contributed by atoms with van der Waals surface area (Å²) in [6.45, 7) is 6.56. The second-order valence-corrected chi connectivity index (χ2v) is 7.65. The topological polar surface area (TPSA) is 74.2 Å². The molecular formula is C20H20N4OS. The van der Waals surface area contributed by atoms with Crippen molar-refractivity contribution in [3.63, 3.8) is 0 Å². The lowest BCUT2D eigenvalue weighted by atomic mass is 9.87. The molecule has 0 saturated heterocycles. The van der Waals surface area contributed by atoms with E-state index in [2.05, 4.69) is 48.2 Å². The molecule has 0 unspecified atom stereocenters. The Kier molecular flexibility index (Phi) is 5.01. The first kappa shape index (κ1) is 18.0. The van der Waals surface area contributed by atoms with Crippen molar-refractivity contribution < 1.29 is 4.42 Å². The van der Waals surface area contributed by atoms with Crippen molar-refractivity contribution in [3.05, 3.63) is 48.0 Å². The highest BCUT2D eigenvalue weighted by Gasteiger charge is 2.14. The maximum Gasteiger partial charge on any atom is 0.227 e. The Morgan fingerprint density at radius 1 is 1.19 bits per heavy atom. The molecule has 1 aromatic heterocycles. The lowest BCUT2D eigenvalue weighted by molar-refractivity contribution is 0.589. The first-order chi connectivity index (χ1) is 12.4. The number of oxazole rings is 1. The number of aromatic nitrogens is 1. The molecular weight excluding hydrogens is 344 g/mol. The quantitative estimate of drug-likeness (QED) is 0.292. The maximum atomic E-state index is 8.73. The predicted octanol–water partition coefficient (Wildman–Crippen LogP) is 5.21. The van der Waals surface area contributed by atoms with E-state index in [0.29, 0.717) is 22.3 Å². The Labute approximate surface area is 157 Å². The van der Waals surface area contributed by atoms with Crippen molar-refractivity contribution in [3.8, 4) is 17.6 Å². The molecule has 0 aliphatic rings. The van der Waals surface area contributed by atoms with Crippen LogP contribution >= 0.6 is 11.8 Å². The molecule has 5 nitrogen and oxygen atoms in total. The first-order valence-corrected chi connectivity index (χ1v) is 9.42. The summed E-state index contributed by atoms with van der Waals surface area (Å²) in [4.78, 5) is 8.99. The van der Waals surface area contributed by atoms with Crippen LogP contribution in [0.2, 0.25) is 0 Å². The molecule has 0 atom stereocenters. The summed E-state index contributed by atoms with van der Waals surface area (Å²) >= 11 is 1.37. The Morgan fingerprint density at radius 2 is 1.92 bits per heavy atom. The van der Waals surface area contributed by atoms with Crippen molar-refractivity contribution in [1.29, 1.82) is 5.26 Å². The van der Waals surface area contributed by atoms with Crippen LogP contribution in [0.1, 0.15) is 26.3 Å². The Morgan fingerprint density at radius 3 is 2.54 bits per heavy atom. The van der Waals surface area contributed by atoms with Gasteiger partial charge < -0.3 is 4.42 Å². The van der Waals surface area contributed by atoms with E-state index in [-0.39, 0.29) is 5.41 Å². The summed E-state index contributed by atoms with van der Waals surface area (Å²) in [5, 5.41) is 11.8. The number of nitrogens with one attached hydrogen (secondary N) is 1. The highest BCUT2D eigenvalue weighted by atomic mass is 32.2. The zero-order valence-electron chi connectivity index (χ0n) is 15.2. The normalized spacial score (nSPS) is 12.2. The zero-order valence-corrected chi connectivity index (χ0v) is 16.0. The third kappa shape index (κ3) is 3.89. The van der Waals surface area contributed by atoms with Gasteiger partial charge in [0.05, 0.1) is 5.69 Å². The number of thioether (sulfide) groups is 1. The predicted molar refractivity (Wildman–Crippen MR) is 108 cm³/mol. The Bertz CT molecular complexity index is 991. The highest BCUT2D eigenvalue weighted by Crippen LogP contribution is 2.29. The summed E-state index contributed by atoms with van der Waals surface area (Å²) < 4.78 is 5.88. The number of rotatable bonds is 2. The summed E-state index contributed by atoms with van der Waals surface area (Å²) in [6.07, 6.45) is 3.74. The minimum atomic E-state index is 0.110. The van der Waals surface area contributed by atoms with E-state index >= 15 is 0 Å². The largest absolute Gasteiger partial charge is 0.436 e. The number of hydrogen-bond donors (Lipinski definition) is 1. The number of nitrogens with zero attached hydrogens (tertiary/aromatic N) is 3. The van der Waals surface area contributed by atoms with E-state index in [4.69, 9.17) is 9.68 Å². The summed E-state index contributed by atoms with van der Waals surface area (Å²) in [7, 11) is 0. The van der Waals surface area contributed by atoms with Crippen LogP contribution in [0.25, 0.3) is 22.6 Å². The van der Waals surface area contributed by atoms with Gasteiger partial charge in [0.15, 0.2) is 16.9 Å². The highest BCUT2D eigenvalue weighted by molar-refractivity contribution is 8.13. The van der Waals surface area contributed by atoms with Crippen LogP contribution in [0.3, 0.4) is 0 Å². The van der Waals surface area contributed by atoms with Gasteiger partial charge in [-0.15, -0.1) is 0 Å². The van der Waals surface area contributed by atoms with Gasteiger partial charge in [-0.2, -0.15) is 5.26 Å². The molecule has 0 aliphatic heterocycles. The molecule has 132 valence electrons. The second kappa shape index (κ2) is 7.22. The van der Waals surface area contributed by atoms with Gasteiger partial charge in [0.1, 0.15) is 5.52 Å². The minimum absolute atomic E-state index is 0.110. The monoisotopic (exact) mass is 364 g/mol. The average molecular weight is 364 g/mol. The van der Waals surface area contributed by atoms with Crippen LogP contribution in [0.15, 0.2) is 51.9 Å². The van der Waals surface area contributed by atoms with E-state index in [9.17, 15) is 0 Å². The molecule has 26 heavy (non-hydrogen) atoms. The summed E-state index contributed by atoms with van der Waals surface area (Å²) in [5.74, 6) is 0.585. The van der Waals surface area contributed by atoms with Crippen LogP contribution in [0.4, 0.5) is 5.69 Å². The van der Waals surface area contributed by atoms with E-state index in [1.807, 2.05) is 42.8 Å². The second-order valence-electron chi connectivity index (χ2n) is 6.86.